The molecule has 0 bridgehead atoms. The van der Waals surface area contributed by atoms with E-state index in [2.05, 4.69) is 0 Å². The fourth-order valence-electron chi connectivity index (χ4n) is 1.76. The highest BCUT2D eigenvalue weighted by Gasteiger charge is 2.27. The Morgan fingerprint density at radius 3 is 2.86 bits per heavy atom. The predicted molar refractivity (Wildman–Crippen MR) is 57.4 cm³/mol. The van der Waals surface area contributed by atoms with Crippen LogP contribution in [0.4, 0.5) is 4.39 Å². The number of phenols is 1. The number of hydrogen-bond donors (Lipinski definition) is 1. The summed E-state index contributed by atoms with van der Waals surface area (Å²) in [4.78, 5) is 0. The molecule has 76 valence electrons. The maximum Gasteiger partial charge on any atom is 0.132 e. The van der Waals surface area contributed by atoms with Crippen LogP contribution in [-0.2, 0) is 0 Å². The van der Waals surface area contributed by atoms with E-state index in [1.807, 2.05) is 0 Å². The molecule has 2 atom stereocenters. The average molecular weight is 212 g/mol. The van der Waals surface area contributed by atoms with E-state index in [0.717, 1.165) is 17.9 Å². The van der Waals surface area contributed by atoms with Crippen LogP contribution in [0.15, 0.2) is 24.3 Å². The highest BCUT2D eigenvalue weighted by atomic mass is 32.2. The number of alkyl halides is 1. The van der Waals surface area contributed by atoms with Crippen LogP contribution in [0.5, 0.6) is 5.75 Å². The first kappa shape index (κ1) is 9.84. The normalized spacial score (nSPS) is 23.6. The summed E-state index contributed by atoms with van der Waals surface area (Å²) in [6, 6.07) is 6.70. The molecule has 14 heavy (non-hydrogen) atoms. The van der Waals surface area contributed by atoms with Gasteiger partial charge in [-0.2, -0.15) is 11.8 Å². The van der Waals surface area contributed by atoms with Crippen molar-refractivity contribution in [3.05, 3.63) is 29.8 Å². The molecule has 0 amide bonds. The van der Waals surface area contributed by atoms with Gasteiger partial charge in [-0.05, 0) is 24.0 Å². The fraction of sp³-hybridized carbons (Fsp3) is 0.455. The Hall–Kier alpha value is -0.700. The van der Waals surface area contributed by atoms with Gasteiger partial charge in [0.05, 0.1) is 0 Å². The summed E-state index contributed by atoms with van der Waals surface area (Å²) in [5.74, 6) is 2.07. The van der Waals surface area contributed by atoms with Crippen molar-refractivity contribution in [1.82, 2.24) is 0 Å². The van der Waals surface area contributed by atoms with E-state index in [9.17, 15) is 9.50 Å². The molecule has 1 heterocycles. The quantitative estimate of drug-likeness (QED) is 0.812. The maximum atomic E-state index is 13.9. The van der Waals surface area contributed by atoms with Crippen LogP contribution >= 0.6 is 11.8 Å². The largest absolute Gasteiger partial charge is 0.508 e. The molecule has 1 N–H and O–H groups in total. The molecule has 2 unspecified atom stereocenters. The minimum absolute atomic E-state index is 0.0771. The number of thioether (sulfide) groups is 1. The van der Waals surface area contributed by atoms with E-state index in [-0.39, 0.29) is 11.7 Å². The van der Waals surface area contributed by atoms with Crippen LogP contribution in [-0.4, -0.2) is 16.6 Å². The lowest BCUT2D eigenvalue weighted by Crippen LogP contribution is -2.07. The third kappa shape index (κ3) is 1.87. The Morgan fingerprint density at radius 1 is 1.43 bits per heavy atom. The molecule has 1 aromatic carbocycles. The molecule has 1 fully saturated rings. The molecule has 1 aromatic rings. The number of aromatic hydroxyl groups is 1. The molecular formula is C11H13FOS. The van der Waals surface area contributed by atoms with Gasteiger partial charge < -0.3 is 5.11 Å². The van der Waals surface area contributed by atoms with Crippen molar-refractivity contribution in [2.24, 2.45) is 5.92 Å². The third-order valence-corrected chi connectivity index (χ3v) is 3.80. The zero-order valence-electron chi connectivity index (χ0n) is 7.82. The molecule has 1 saturated heterocycles. The minimum atomic E-state index is -1.01. The Labute approximate surface area is 87.3 Å². The van der Waals surface area contributed by atoms with Crippen molar-refractivity contribution in [3.63, 3.8) is 0 Å². The van der Waals surface area contributed by atoms with Crippen LogP contribution in [0.25, 0.3) is 0 Å². The zero-order chi connectivity index (χ0) is 9.97. The summed E-state index contributed by atoms with van der Waals surface area (Å²) < 4.78 is 13.9. The van der Waals surface area contributed by atoms with Gasteiger partial charge in [0, 0.05) is 11.5 Å². The van der Waals surface area contributed by atoms with Crippen LogP contribution in [0.1, 0.15) is 18.2 Å². The number of hydrogen-bond acceptors (Lipinski definition) is 2. The number of phenolic OH excluding ortho intramolecular Hbond substituents is 1. The van der Waals surface area contributed by atoms with Gasteiger partial charge in [0.15, 0.2) is 0 Å². The molecule has 0 aromatic heterocycles. The summed E-state index contributed by atoms with van der Waals surface area (Å²) >= 11 is 1.79. The zero-order valence-corrected chi connectivity index (χ0v) is 8.64. The molecule has 0 spiro atoms. The number of rotatable bonds is 2. The van der Waals surface area contributed by atoms with Gasteiger partial charge in [0.1, 0.15) is 11.9 Å². The molecule has 0 aliphatic carbocycles. The van der Waals surface area contributed by atoms with Gasteiger partial charge in [-0.15, -0.1) is 0 Å². The van der Waals surface area contributed by atoms with Gasteiger partial charge in [0.25, 0.3) is 0 Å². The third-order valence-electron chi connectivity index (χ3n) is 2.61. The van der Waals surface area contributed by atoms with Crippen LogP contribution < -0.4 is 0 Å². The smallest absolute Gasteiger partial charge is 0.132 e. The summed E-state index contributed by atoms with van der Waals surface area (Å²) in [5, 5.41) is 9.49. The molecule has 1 aliphatic rings. The maximum absolute atomic E-state index is 13.9. The first-order valence-electron chi connectivity index (χ1n) is 4.79. The summed E-state index contributed by atoms with van der Waals surface area (Å²) in [6.07, 6.45) is -0.0913. The van der Waals surface area contributed by atoms with Crippen molar-refractivity contribution in [2.45, 2.75) is 12.6 Å². The molecule has 0 saturated carbocycles. The van der Waals surface area contributed by atoms with E-state index in [4.69, 9.17) is 0 Å². The first-order chi connectivity index (χ1) is 6.79. The van der Waals surface area contributed by atoms with Crippen molar-refractivity contribution < 1.29 is 9.50 Å². The predicted octanol–water partition coefficient (Wildman–Crippen LogP) is 3.16. The van der Waals surface area contributed by atoms with Gasteiger partial charge in [0.2, 0.25) is 0 Å². The standard InChI is InChI=1S/C11H13FOS/c12-11(8-5-6-14-7-8)9-3-1-2-4-10(9)13/h1-4,8,11,13H,5-7H2. The van der Waals surface area contributed by atoms with Gasteiger partial charge in [-0.3, -0.25) is 0 Å². The molecular weight excluding hydrogens is 199 g/mol. The van der Waals surface area contributed by atoms with E-state index in [0.29, 0.717) is 5.56 Å². The van der Waals surface area contributed by atoms with Crippen LogP contribution in [0, 0.1) is 5.92 Å². The monoisotopic (exact) mass is 212 g/mol. The SMILES string of the molecule is Oc1ccccc1C(F)C1CCSC1. The highest BCUT2D eigenvalue weighted by Crippen LogP contribution is 2.39. The molecule has 1 aliphatic heterocycles. The lowest BCUT2D eigenvalue weighted by molar-refractivity contribution is 0.244. The van der Waals surface area contributed by atoms with E-state index < -0.39 is 6.17 Å². The van der Waals surface area contributed by atoms with E-state index in [1.54, 1.807) is 36.0 Å². The van der Waals surface area contributed by atoms with Crippen molar-refractivity contribution in [1.29, 1.82) is 0 Å². The number of benzene rings is 1. The van der Waals surface area contributed by atoms with Gasteiger partial charge >= 0.3 is 0 Å². The van der Waals surface area contributed by atoms with E-state index in [1.165, 1.54) is 0 Å². The van der Waals surface area contributed by atoms with E-state index >= 15 is 0 Å². The van der Waals surface area contributed by atoms with Gasteiger partial charge in [-0.1, -0.05) is 18.2 Å². The summed E-state index contributed by atoms with van der Waals surface area (Å²) in [7, 11) is 0. The Morgan fingerprint density at radius 2 is 2.21 bits per heavy atom. The molecule has 0 radical (unpaired) electrons. The Bertz CT molecular complexity index is 310. The first-order valence-corrected chi connectivity index (χ1v) is 5.94. The molecule has 2 rings (SSSR count). The lowest BCUT2D eigenvalue weighted by Gasteiger charge is -2.15. The molecule has 1 nitrogen and oxygen atoms in total. The second kappa shape index (κ2) is 4.22. The van der Waals surface area contributed by atoms with Crippen molar-refractivity contribution in [3.8, 4) is 5.75 Å². The average Bonchev–Trinajstić information content (AvgIpc) is 2.70. The number of halogens is 1. The topological polar surface area (TPSA) is 20.2 Å². The van der Waals surface area contributed by atoms with Crippen LogP contribution in [0.2, 0.25) is 0 Å². The van der Waals surface area contributed by atoms with Crippen molar-refractivity contribution in [2.75, 3.05) is 11.5 Å². The van der Waals surface area contributed by atoms with Crippen LogP contribution in [0.3, 0.4) is 0 Å². The molecule has 3 heteroatoms. The highest BCUT2D eigenvalue weighted by molar-refractivity contribution is 7.99. The van der Waals surface area contributed by atoms with Gasteiger partial charge in [-0.25, -0.2) is 4.39 Å². The Kier molecular flexibility index (Phi) is 2.96. The fourth-order valence-corrected chi connectivity index (χ4v) is 3.03. The van der Waals surface area contributed by atoms with Crippen molar-refractivity contribution >= 4 is 11.8 Å². The lowest BCUT2D eigenvalue weighted by atomic mass is 9.96. The minimum Gasteiger partial charge on any atom is -0.508 e. The second-order valence-corrected chi connectivity index (χ2v) is 4.73. The second-order valence-electron chi connectivity index (χ2n) is 3.58. The Balaban J connectivity index is 2.17. The summed E-state index contributed by atoms with van der Waals surface area (Å²) in [6.45, 7) is 0. The number of para-hydroxylation sites is 1. The summed E-state index contributed by atoms with van der Waals surface area (Å²) in [5.41, 5.74) is 0.444.